The van der Waals surface area contributed by atoms with Crippen LogP contribution in [0.4, 0.5) is 15.8 Å². The lowest BCUT2D eigenvalue weighted by Crippen LogP contribution is -2.16. The van der Waals surface area contributed by atoms with E-state index in [0.29, 0.717) is 0 Å². The largest absolute Gasteiger partial charge is 0.490 e. The zero-order valence-electron chi connectivity index (χ0n) is 9.60. The molecule has 0 aromatic heterocycles. The van der Waals surface area contributed by atoms with E-state index in [-0.39, 0.29) is 24.4 Å². The van der Waals surface area contributed by atoms with Gasteiger partial charge < -0.3 is 15.8 Å². The van der Waals surface area contributed by atoms with Crippen LogP contribution in [-0.2, 0) is 4.79 Å². The molecule has 1 rings (SSSR count). The van der Waals surface area contributed by atoms with Gasteiger partial charge in [0, 0.05) is 19.0 Å². The van der Waals surface area contributed by atoms with Gasteiger partial charge in [0.15, 0.2) is 11.6 Å². The summed E-state index contributed by atoms with van der Waals surface area (Å²) in [5.74, 6) is -1.40. The molecule has 0 atom stereocenters. The van der Waals surface area contributed by atoms with Crippen LogP contribution < -0.4 is 15.8 Å². The number of halogens is 1. The smallest absolute Gasteiger partial charge is 0.313 e. The molecule has 0 radical (unpaired) electrons. The molecule has 1 aromatic rings. The number of nitrogens with two attached hydrogens (primary N) is 1. The lowest BCUT2D eigenvalue weighted by molar-refractivity contribution is -0.385. The van der Waals surface area contributed by atoms with E-state index in [4.69, 9.17) is 10.5 Å². The Morgan fingerprint density at radius 3 is 2.78 bits per heavy atom. The topological polar surface area (TPSA) is 107 Å². The third-order valence-electron chi connectivity index (χ3n) is 2.15. The molecular weight excluding hydrogens is 245 g/mol. The zero-order chi connectivity index (χ0) is 13.7. The van der Waals surface area contributed by atoms with Crippen molar-refractivity contribution in [2.24, 2.45) is 5.73 Å². The number of carbonyl (C=O) groups excluding carboxylic acids is 1. The van der Waals surface area contributed by atoms with Crippen molar-refractivity contribution in [3.63, 3.8) is 0 Å². The standard InChI is InChI=1S/C10H12FN3O4/c1-18-9-5-7(13-3-2-10(12)15)6(11)4-8(9)14(16)17/h4-5,13H,2-3H2,1H3,(H2,12,15). The van der Waals surface area contributed by atoms with Gasteiger partial charge in [-0.25, -0.2) is 4.39 Å². The number of nitro groups is 1. The Bertz CT molecular complexity index is 478. The third-order valence-corrected chi connectivity index (χ3v) is 2.15. The van der Waals surface area contributed by atoms with E-state index in [1.807, 2.05) is 0 Å². The average Bonchev–Trinajstić information content (AvgIpc) is 2.30. The summed E-state index contributed by atoms with van der Waals surface area (Å²) in [6.07, 6.45) is 0.0265. The number of benzene rings is 1. The molecule has 0 aliphatic rings. The molecule has 0 aliphatic heterocycles. The van der Waals surface area contributed by atoms with Gasteiger partial charge in [-0.2, -0.15) is 0 Å². The van der Waals surface area contributed by atoms with E-state index in [2.05, 4.69) is 5.32 Å². The Morgan fingerprint density at radius 2 is 2.28 bits per heavy atom. The van der Waals surface area contributed by atoms with Crippen LogP contribution in [-0.4, -0.2) is 24.5 Å². The fourth-order valence-electron chi connectivity index (χ4n) is 1.30. The minimum absolute atomic E-state index is 0.0127. The van der Waals surface area contributed by atoms with Crippen LogP contribution in [0.25, 0.3) is 0 Å². The maximum atomic E-state index is 13.5. The van der Waals surface area contributed by atoms with E-state index < -0.39 is 22.3 Å². The summed E-state index contributed by atoms with van der Waals surface area (Å²) in [5.41, 5.74) is 4.48. The number of methoxy groups -OCH3 is 1. The van der Waals surface area contributed by atoms with Crippen molar-refractivity contribution in [3.05, 3.63) is 28.1 Å². The molecule has 18 heavy (non-hydrogen) atoms. The molecule has 0 fully saturated rings. The summed E-state index contributed by atoms with van der Waals surface area (Å²) in [7, 11) is 1.24. The van der Waals surface area contributed by atoms with Gasteiger partial charge in [-0.1, -0.05) is 0 Å². The molecule has 0 unspecified atom stereocenters. The number of anilines is 1. The second-order valence-electron chi connectivity index (χ2n) is 3.40. The Kier molecular flexibility index (Phi) is 4.41. The van der Waals surface area contributed by atoms with Gasteiger partial charge in [0.25, 0.3) is 0 Å². The second kappa shape index (κ2) is 5.80. The molecule has 0 bridgehead atoms. The highest BCUT2D eigenvalue weighted by Crippen LogP contribution is 2.32. The summed E-state index contributed by atoms with van der Waals surface area (Å²) in [6, 6.07) is 1.92. The third kappa shape index (κ3) is 3.30. The van der Waals surface area contributed by atoms with Crippen molar-refractivity contribution >= 4 is 17.3 Å². The predicted molar refractivity (Wildman–Crippen MR) is 61.9 cm³/mol. The van der Waals surface area contributed by atoms with Crippen molar-refractivity contribution in [2.45, 2.75) is 6.42 Å². The fourth-order valence-corrected chi connectivity index (χ4v) is 1.30. The quantitative estimate of drug-likeness (QED) is 0.584. The first-order valence-electron chi connectivity index (χ1n) is 4.99. The van der Waals surface area contributed by atoms with Gasteiger partial charge in [-0.05, 0) is 0 Å². The number of amides is 1. The number of nitrogens with one attached hydrogen (secondary N) is 1. The molecule has 0 aliphatic carbocycles. The summed E-state index contributed by atoms with van der Waals surface area (Å²) < 4.78 is 18.3. The molecule has 0 saturated heterocycles. The maximum absolute atomic E-state index is 13.5. The van der Waals surface area contributed by atoms with Gasteiger partial charge >= 0.3 is 5.69 Å². The molecule has 0 heterocycles. The van der Waals surface area contributed by atoms with Crippen LogP contribution in [0.3, 0.4) is 0 Å². The summed E-state index contributed by atoms with van der Waals surface area (Å²) in [6.45, 7) is 0.132. The number of hydrogen-bond donors (Lipinski definition) is 2. The highest BCUT2D eigenvalue weighted by molar-refractivity contribution is 5.74. The van der Waals surface area contributed by atoms with Gasteiger partial charge in [0.1, 0.15) is 0 Å². The molecule has 0 spiro atoms. The Morgan fingerprint density at radius 1 is 1.61 bits per heavy atom. The van der Waals surface area contributed by atoms with Crippen LogP contribution in [0, 0.1) is 15.9 Å². The SMILES string of the molecule is COc1cc(NCCC(N)=O)c(F)cc1[N+](=O)[O-]. The normalized spacial score (nSPS) is 9.89. The number of rotatable bonds is 6. The monoisotopic (exact) mass is 257 g/mol. The van der Waals surface area contributed by atoms with E-state index in [0.717, 1.165) is 12.1 Å². The summed E-state index contributed by atoms with van der Waals surface area (Å²) in [5, 5.41) is 13.2. The van der Waals surface area contributed by atoms with Crippen LogP contribution in [0.1, 0.15) is 6.42 Å². The first-order chi connectivity index (χ1) is 8.45. The van der Waals surface area contributed by atoms with E-state index in [9.17, 15) is 19.3 Å². The first kappa shape index (κ1) is 13.7. The molecule has 7 nitrogen and oxygen atoms in total. The molecule has 0 saturated carbocycles. The van der Waals surface area contributed by atoms with Crippen LogP contribution in [0.2, 0.25) is 0 Å². The summed E-state index contributed by atoms with van der Waals surface area (Å²) in [4.78, 5) is 20.4. The zero-order valence-corrected chi connectivity index (χ0v) is 9.60. The molecule has 1 aromatic carbocycles. The highest BCUT2D eigenvalue weighted by Gasteiger charge is 2.18. The van der Waals surface area contributed by atoms with Gasteiger partial charge in [-0.3, -0.25) is 14.9 Å². The van der Waals surface area contributed by atoms with E-state index in [1.165, 1.54) is 7.11 Å². The molecular formula is C10H12FN3O4. The van der Waals surface area contributed by atoms with Gasteiger partial charge in [0.2, 0.25) is 5.91 Å². The van der Waals surface area contributed by atoms with Crippen molar-refractivity contribution in [2.75, 3.05) is 19.0 Å². The number of carbonyl (C=O) groups is 1. The van der Waals surface area contributed by atoms with E-state index >= 15 is 0 Å². The van der Waals surface area contributed by atoms with Crippen molar-refractivity contribution in [3.8, 4) is 5.75 Å². The summed E-state index contributed by atoms with van der Waals surface area (Å²) >= 11 is 0. The lowest BCUT2D eigenvalue weighted by atomic mass is 10.2. The van der Waals surface area contributed by atoms with Crippen LogP contribution >= 0.6 is 0 Å². The molecule has 1 amide bonds. The number of nitro benzene ring substituents is 1. The van der Waals surface area contributed by atoms with Gasteiger partial charge in [-0.15, -0.1) is 0 Å². The van der Waals surface area contributed by atoms with Crippen molar-refractivity contribution in [1.29, 1.82) is 0 Å². The van der Waals surface area contributed by atoms with Crippen LogP contribution in [0.5, 0.6) is 5.75 Å². The minimum atomic E-state index is -0.799. The number of ether oxygens (including phenoxy) is 1. The number of hydrogen-bond acceptors (Lipinski definition) is 5. The Labute approximate surface area is 102 Å². The lowest BCUT2D eigenvalue weighted by Gasteiger charge is -2.08. The van der Waals surface area contributed by atoms with Crippen LogP contribution in [0.15, 0.2) is 12.1 Å². The highest BCUT2D eigenvalue weighted by atomic mass is 19.1. The minimum Gasteiger partial charge on any atom is -0.490 e. The Hall–Kier alpha value is -2.38. The second-order valence-corrected chi connectivity index (χ2v) is 3.40. The van der Waals surface area contributed by atoms with E-state index in [1.54, 1.807) is 0 Å². The maximum Gasteiger partial charge on any atom is 0.313 e. The van der Waals surface area contributed by atoms with Gasteiger partial charge in [0.05, 0.1) is 23.8 Å². The number of nitrogens with zero attached hydrogens (tertiary/aromatic N) is 1. The Balaban J connectivity index is 2.93. The molecule has 3 N–H and O–H groups in total. The first-order valence-corrected chi connectivity index (χ1v) is 4.99. The van der Waals surface area contributed by atoms with Crippen molar-refractivity contribution in [1.82, 2.24) is 0 Å². The predicted octanol–water partition coefficient (Wildman–Crippen LogP) is 1.03. The molecule has 8 heteroatoms. The average molecular weight is 257 g/mol. The fraction of sp³-hybridized carbons (Fsp3) is 0.300. The number of primary amides is 1. The molecule has 98 valence electrons. The van der Waals surface area contributed by atoms with Crippen molar-refractivity contribution < 1.29 is 18.8 Å².